The van der Waals surface area contributed by atoms with Crippen LogP contribution < -0.4 is 5.32 Å². The first-order valence-corrected chi connectivity index (χ1v) is 7.22. The molecule has 0 aromatic carbocycles. The van der Waals surface area contributed by atoms with Crippen LogP contribution in [0.15, 0.2) is 47.3 Å². The predicted octanol–water partition coefficient (Wildman–Crippen LogP) is 1.48. The molecule has 1 atom stereocenters. The number of furan rings is 1. The summed E-state index contributed by atoms with van der Waals surface area (Å²) in [6.45, 7) is 0.764. The molecule has 6 nitrogen and oxygen atoms in total. The quantitative estimate of drug-likeness (QED) is 0.907. The van der Waals surface area contributed by atoms with E-state index in [1.807, 2.05) is 12.1 Å². The van der Waals surface area contributed by atoms with Crippen molar-refractivity contribution < 1.29 is 14.0 Å². The van der Waals surface area contributed by atoms with Gasteiger partial charge in [-0.3, -0.25) is 14.6 Å². The van der Waals surface area contributed by atoms with Crippen molar-refractivity contribution in [1.29, 1.82) is 0 Å². The van der Waals surface area contributed by atoms with Crippen molar-refractivity contribution in [2.45, 2.75) is 32.0 Å². The smallest absolute Gasteiger partial charge is 0.243 e. The lowest BCUT2D eigenvalue weighted by Crippen LogP contribution is -2.44. The lowest BCUT2D eigenvalue weighted by Gasteiger charge is -2.23. The zero-order valence-corrected chi connectivity index (χ0v) is 12.1. The Bertz CT molecular complexity index is 640. The summed E-state index contributed by atoms with van der Waals surface area (Å²) in [5, 5.41) is 2.88. The van der Waals surface area contributed by atoms with Crippen molar-refractivity contribution >= 4 is 11.8 Å². The molecule has 2 aromatic heterocycles. The third-order valence-electron chi connectivity index (χ3n) is 3.75. The van der Waals surface area contributed by atoms with E-state index in [1.165, 1.54) is 0 Å². The minimum atomic E-state index is -0.431. The summed E-state index contributed by atoms with van der Waals surface area (Å²) in [6, 6.07) is 6.84. The van der Waals surface area contributed by atoms with Crippen molar-refractivity contribution in [1.82, 2.24) is 15.2 Å². The zero-order valence-electron chi connectivity index (χ0n) is 12.1. The largest absolute Gasteiger partial charge is 0.467 e. The molecule has 0 unspecified atom stereocenters. The van der Waals surface area contributed by atoms with Gasteiger partial charge >= 0.3 is 0 Å². The number of pyridine rings is 1. The van der Waals surface area contributed by atoms with Crippen LogP contribution in [0, 0.1) is 0 Å². The van der Waals surface area contributed by atoms with Gasteiger partial charge < -0.3 is 14.6 Å². The molecule has 3 rings (SSSR count). The molecule has 0 saturated carbocycles. The molecule has 114 valence electrons. The monoisotopic (exact) mass is 299 g/mol. The van der Waals surface area contributed by atoms with Gasteiger partial charge in [-0.25, -0.2) is 0 Å². The van der Waals surface area contributed by atoms with Gasteiger partial charge in [-0.05, 0) is 36.2 Å². The third-order valence-corrected chi connectivity index (χ3v) is 3.75. The molecular formula is C16H17N3O3. The van der Waals surface area contributed by atoms with Crippen LogP contribution in [0.5, 0.6) is 0 Å². The normalized spacial score (nSPS) is 17.7. The Hall–Kier alpha value is -2.63. The fourth-order valence-corrected chi connectivity index (χ4v) is 2.58. The van der Waals surface area contributed by atoms with Gasteiger partial charge in [0.15, 0.2) is 0 Å². The Labute approximate surface area is 128 Å². The van der Waals surface area contributed by atoms with Gasteiger partial charge in [0.1, 0.15) is 11.8 Å². The highest BCUT2D eigenvalue weighted by Crippen LogP contribution is 2.22. The number of hydrogen-bond acceptors (Lipinski definition) is 4. The number of rotatable bonds is 5. The van der Waals surface area contributed by atoms with Gasteiger partial charge in [-0.2, -0.15) is 0 Å². The molecular weight excluding hydrogens is 282 g/mol. The first-order valence-electron chi connectivity index (χ1n) is 7.22. The average Bonchev–Trinajstić information content (AvgIpc) is 3.17. The van der Waals surface area contributed by atoms with E-state index in [-0.39, 0.29) is 11.8 Å². The van der Waals surface area contributed by atoms with Gasteiger partial charge in [0.25, 0.3) is 0 Å². The third kappa shape index (κ3) is 3.16. The molecule has 2 aromatic rings. The van der Waals surface area contributed by atoms with Crippen LogP contribution in [0.25, 0.3) is 0 Å². The Balaban J connectivity index is 1.61. The van der Waals surface area contributed by atoms with E-state index >= 15 is 0 Å². The average molecular weight is 299 g/mol. The molecule has 6 heteroatoms. The summed E-state index contributed by atoms with van der Waals surface area (Å²) >= 11 is 0. The van der Waals surface area contributed by atoms with Gasteiger partial charge in [0, 0.05) is 25.4 Å². The van der Waals surface area contributed by atoms with Gasteiger partial charge in [0.05, 0.1) is 12.8 Å². The zero-order chi connectivity index (χ0) is 15.4. The van der Waals surface area contributed by atoms with Crippen molar-refractivity contribution in [2.24, 2.45) is 0 Å². The highest BCUT2D eigenvalue weighted by molar-refractivity contribution is 5.90. The summed E-state index contributed by atoms with van der Waals surface area (Å²) in [5.74, 6) is 0.539. The number of likely N-dealkylation sites (tertiary alicyclic amines) is 1. The van der Waals surface area contributed by atoms with E-state index in [4.69, 9.17) is 4.42 Å². The number of nitrogens with one attached hydrogen (secondary N) is 1. The van der Waals surface area contributed by atoms with Crippen LogP contribution in [-0.2, 0) is 22.7 Å². The molecule has 3 heterocycles. The summed E-state index contributed by atoms with van der Waals surface area (Å²) in [4.78, 5) is 29.9. The highest BCUT2D eigenvalue weighted by Gasteiger charge is 2.36. The maximum Gasteiger partial charge on any atom is 0.243 e. The van der Waals surface area contributed by atoms with Crippen molar-refractivity contribution in [3.05, 3.63) is 54.2 Å². The summed E-state index contributed by atoms with van der Waals surface area (Å²) in [7, 11) is 0. The molecule has 2 amide bonds. The van der Waals surface area contributed by atoms with Gasteiger partial charge in [0.2, 0.25) is 11.8 Å². The maximum atomic E-state index is 12.4. The van der Waals surface area contributed by atoms with Crippen molar-refractivity contribution in [2.75, 3.05) is 0 Å². The van der Waals surface area contributed by atoms with Gasteiger partial charge in [-0.1, -0.05) is 0 Å². The second-order valence-electron chi connectivity index (χ2n) is 5.23. The first kappa shape index (κ1) is 14.3. The number of carbonyl (C=O) groups is 2. The number of carbonyl (C=O) groups excluding carboxylic acids is 2. The van der Waals surface area contributed by atoms with Crippen molar-refractivity contribution in [3.8, 4) is 0 Å². The second kappa shape index (κ2) is 6.43. The predicted molar refractivity (Wildman–Crippen MR) is 78.4 cm³/mol. The molecule has 0 aliphatic carbocycles. The Kier molecular flexibility index (Phi) is 4.18. The van der Waals surface area contributed by atoms with Crippen LogP contribution in [0.4, 0.5) is 0 Å². The minimum Gasteiger partial charge on any atom is -0.467 e. The van der Waals surface area contributed by atoms with Crippen LogP contribution in [-0.4, -0.2) is 27.7 Å². The summed E-state index contributed by atoms with van der Waals surface area (Å²) < 4.78 is 5.27. The first-order chi connectivity index (χ1) is 10.7. The molecule has 0 spiro atoms. The standard InChI is InChI=1S/C16H17N3O3/c20-15-4-3-14(19(15)11-13-2-1-9-22-13)16(21)18-10-12-5-7-17-8-6-12/h1-2,5-9,14H,3-4,10-11H2,(H,18,21)/t14-/m1/s1. The van der Waals surface area contributed by atoms with Crippen LogP contribution in [0.2, 0.25) is 0 Å². The number of amides is 2. The van der Waals surface area contributed by atoms with E-state index < -0.39 is 6.04 Å². The fourth-order valence-electron chi connectivity index (χ4n) is 2.58. The summed E-state index contributed by atoms with van der Waals surface area (Å²) in [5.41, 5.74) is 0.977. The van der Waals surface area contributed by atoms with Gasteiger partial charge in [-0.15, -0.1) is 0 Å². The summed E-state index contributed by atoms with van der Waals surface area (Å²) in [6.07, 6.45) is 5.87. The van der Waals surface area contributed by atoms with Crippen LogP contribution in [0.3, 0.4) is 0 Å². The second-order valence-corrected chi connectivity index (χ2v) is 5.23. The Morgan fingerprint density at radius 2 is 2.18 bits per heavy atom. The number of nitrogens with zero attached hydrogens (tertiary/aromatic N) is 2. The maximum absolute atomic E-state index is 12.4. The number of aromatic nitrogens is 1. The molecule has 1 aliphatic rings. The van der Waals surface area contributed by atoms with Crippen LogP contribution >= 0.6 is 0 Å². The molecule has 1 N–H and O–H groups in total. The molecule has 22 heavy (non-hydrogen) atoms. The fraction of sp³-hybridized carbons (Fsp3) is 0.312. The topological polar surface area (TPSA) is 75.4 Å². The number of hydrogen-bond donors (Lipinski definition) is 1. The van der Waals surface area contributed by atoms with E-state index in [1.54, 1.807) is 35.7 Å². The van der Waals surface area contributed by atoms with Crippen LogP contribution in [0.1, 0.15) is 24.2 Å². The van der Waals surface area contributed by atoms with E-state index in [9.17, 15) is 9.59 Å². The molecule has 1 aliphatic heterocycles. The Morgan fingerprint density at radius 3 is 2.91 bits per heavy atom. The van der Waals surface area contributed by atoms with E-state index in [0.29, 0.717) is 31.7 Å². The van der Waals surface area contributed by atoms with Crippen molar-refractivity contribution in [3.63, 3.8) is 0 Å². The highest BCUT2D eigenvalue weighted by atomic mass is 16.3. The van der Waals surface area contributed by atoms with E-state index in [2.05, 4.69) is 10.3 Å². The SMILES string of the molecule is O=C(NCc1ccncc1)[C@H]1CCC(=O)N1Cc1ccco1. The van der Waals surface area contributed by atoms with E-state index in [0.717, 1.165) is 5.56 Å². The molecule has 1 fully saturated rings. The Morgan fingerprint density at radius 1 is 1.36 bits per heavy atom. The minimum absolute atomic E-state index is 0.0135. The molecule has 1 saturated heterocycles. The lowest BCUT2D eigenvalue weighted by atomic mass is 10.2. The molecule has 0 radical (unpaired) electrons. The lowest BCUT2D eigenvalue weighted by molar-refractivity contribution is -0.136. The molecule has 0 bridgehead atoms.